The summed E-state index contributed by atoms with van der Waals surface area (Å²) >= 11 is 0. The van der Waals surface area contributed by atoms with Crippen LogP contribution in [0.1, 0.15) is 33.6 Å². The van der Waals surface area contributed by atoms with Gasteiger partial charge in [0, 0.05) is 50.1 Å². The summed E-state index contributed by atoms with van der Waals surface area (Å²) in [6.07, 6.45) is 0.378. The number of fused-ring (bicyclic) bond motifs is 1. The Morgan fingerprint density at radius 3 is 2.21 bits per heavy atom. The fourth-order valence-corrected chi connectivity index (χ4v) is 3.52. The third-order valence-corrected chi connectivity index (χ3v) is 5.20. The molecule has 2 aliphatic heterocycles. The summed E-state index contributed by atoms with van der Waals surface area (Å²) in [7, 11) is 0. The molecule has 150 valence electrons. The van der Waals surface area contributed by atoms with Crippen molar-refractivity contribution in [3.05, 3.63) is 59.7 Å². The quantitative estimate of drug-likeness (QED) is 0.728. The number of Topliss-reactive ketones (excluding diaryl/α,β-unsaturated/α-hetero) is 1. The molecule has 2 amide bonds. The minimum Gasteiger partial charge on any atom is -0.454 e. The van der Waals surface area contributed by atoms with E-state index in [1.54, 1.807) is 40.1 Å². The number of amides is 2. The van der Waals surface area contributed by atoms with Crippen molar-refractivity contribution in [1.82, 2.24) is 9.80 Å². The largest absolute Gasteiger partial charge is 0.454 e. The maximum atomic E-state index is 12.7. The lowest BCUT2D eigenvalue weighted by Gasteiger charge is -2.35. The maximum absolute atomic E-state index is 12.7. The highest BCUT2D eigenvalue weighted by molar-refractivity contribution is 5.98. The minimum absolute atomic E-state index is 0.0319. The van der Waals surface area contributed by atoms with Crippen LogP contribution in [-0.2, 0) is 4.79 Å². The van der Waals surface area contributed by atoms with Gasteiger partial charge in [0.1, 0.15) is 0 Å². The van der Waals surface area contributed by atoms with Crippen LogP contribution in [0.3, 0.4) is 0 Å². The Bertz CT molecular complexity index is 920. The molecular weight excluding hydrogens is 372 g/mol. The predicted molar refractivity (Wildman–Crippen MR) is 105 cm³/mol. The second-order valence-electron chi connectivity index (χ2n) is 7.03. The van der Waals surface area contributed by atoms with Crippen LogP contribution in [-0.4, -0.2) is 60.4 Å². The third kappa shape index (κ3) is 4.23. The van der Waals surface area contributed by atoms with E-state index in [1.807, 2.05) is 18.2 Å². The van der Waals surface area contributed by atoms with Gasteiger partial charge in [-0.2, -0.15) is 0 Å². The van der Waals surface area contributed by atoms with Crippen molar-refractivity contribution in [3.8, 4) is 11.5 Å². The number of hydrogen-bond acceptors (Lipinski definition) is 5. The number of ether oxygens (including phenoxy) is 2. The van der Waals surface area contributed by atoms with E-state index in [0.29, 0.717) is 48.8 Å². The highest BCUT2D eigenvalue weighted by Gasteiger charge is 2.26. The van der Waals surface area contributed by atoms with Crippen molar-refractivity contribution in [1.29, 1.82) is 0 Å². The zero-order chi connectivity index (χ0) is 20.2. The fraction of sp³-hybridized carbons (Fsp3) is 0.318. The van der Waals surface area contributed by atoms with Crippen LogP contribution in [0, 0.1) is 0 Å². The van der Waals surface area contributed by atoms with Gasteiger partial charge >= 0.3 is 0 Å². The van der Waals surface area contributed by atoms with E-state index in [0.717, 1.165) is 0 Å². The number of piperazine rings is 1. The first-order valence-corrected chi connectivity index (χ1v) is 9.67. The lowest BCUT2D eigenvalue weighted by Crippen LogP contribution is -2.50. The monoisotopic (exact) mass is 394 g/mol. The predicted octanol–water partition coefficient (Wildman–Crippen LogP) is 2.36. The standard InChI is InChI=1S/C22H22N2O5/c25-18(16-4-2-1-3-5-16)7-9-21(26)23-10-12-24(13-11-23)22(27)17-6-8-19-20(14-17)29-15-28-19/h1-6,8,14H,7,9-13,15H2. The highest BCUT2D eigenvalue weighted by Crippen LogP contribution is 2.32. The molecule has 7 heteroatoms. The smallest absolute Gasteiger partial charge is 0.254 e. The van der Waals surface area contributed by atoms with Gasteiger partial charge in [-0.25, -0.2) is 0 Å². The van der Waals surface area contributed by atoms with E-state index in [9.17, 15) is 14.4 Å². The summed E-state index contributed by atoms with van der Waals surface area (Å²) in [5, 5.41) is 0. The Kier molecular flexibility index (Phi) is 5.46. The molecule has 2 heterocycles. The van der Waals surface area contributed by atoms with Crippen molar-refractivity contribution in [2.24, 2.45) is 0 Å². The van der Waals surface area contributed by atoms with Crippen LogP contribution in [0.4, 0.5) is 0 Å². The van der Waals surface area contributed by atoms with Crippen LogP contribution in [0.5, 0.6) is 11.5 Å². The third-order valence-electron chi connectivity index (χ3n) is 5.20. The fourth-order valence-electron chi connectivity index (χ4n) is 3.52. The number of ketones is 1. The molecular formula is C22H22N2O5. The molecule has 0 unspecified atom stereocenters. The molecule has 0 saturated carbocycles. The van der Waals surface area contributed by atoms with Gasteiger partial charge in [-0.15, -0.1) is 0 Å². The Morgan fingerprint density at radius 1 is 0.759 bits per heavy atom. The molecule has 0 atom stereocenters. The van der Waals surface area contributed by atoms with Gasteiger partial charge in [0.25, 0.3) is 5.91 Å². The molecule has 1 fully saturated rings. The number of carbonyl (C=O) groups is 3. The SMILES string of the molecule is O=C(CCC(=O)N1CCN(C(=O)c2ccc3c(c2)OCO3)CC1)c1ccccc1. The van der Waals surface area contributed by atoms with Crippen molar-refractivity contribution >= 4 is 17.6 Å². The van der Waals surface area contributed by atoms with E-state index in [2.05, 4.69) is 0 Å². The van der Waals surface area contributed by atoms with E-state index >= 15 is 0 Å². The maximum Gasteiger partial charge on any atom is 0.254 e. The molecule has 0 spiro atoms. The van der Waals surface area contributed by atoms with Crippen LogP contribution in [0.2, 0.25) is 0 Å². The zero-order valence-corrected chi connectivity index (χ0v) is 16.0. The molecule has 0 bridgehead atoms. The molecule has 0 N–H and O–H groups in total. The van der Waals surface area contributed by atoms with E-state index in [-0.39, 0.29) is 37.2 Å². The van der Waals surface area contributed by atoms with Crippen LogP contribution >= 0.6 is 0 Å². The zero-order valence-electron chi connectivity index (χ0n) is 16.0. The summed E-state index contributed by atoms with van der Waals surface area (Å²) in [5.41, 5.74) is 1.17. The van der Waals surface area contributed by atoms with Crippen molar-refractivity contribution in [2.75, 3.05) is 33.0 Å². The van der Waals surface area contributed by atoms with Gasteiger partial charge in [-0.3, -0.25) is 14.4 Å². The lowest BCUT2D eigenvalue weighted by atomic mass is 10.1. The average Bonchev–Trinajstić information content (AvgIpc) is 3.25. The van der Waals surface area contributed by atoms with Crippen molar-refractivity contribution in [3.63, 3.8) is 0 Å². The van der Waals surface area contributed by atoms with Gasteiger partial charge < -0.3 is 19.3 Å². The van der Waals surface area contributed by atoms with E-state index in [1.165, 1.54) is 0 Å². The topological polar surface area (TPSA) is 76.2 Å². The van der Waals surface area contributed by atoms with Crippen LogP contribution in [0.25, 0.3) is 0 Å². The highest BCUT2D eigenvalue weighted by atomic mass is 16.7. The number of benzene rings is 2. The number of rotatable bonds is 5. The van der Waals surface area contributed by atoms with Gasteiger partial charge in [0.2, 0.25) is 12.7 Å². The van der Waals surface area contributed by atoms with Gasteiger partial charge in [0.15, 0.2) is 17.3 Å². The van der Waals surface area contributed by atoms with E-state index in [4.69, 9.17) is 9.47 Å². The Hall–Kier alpha value is -3.35. The lowest BCUT2D eigenvalue weighted by molar-refractivity contribution is -0.132. The van der Waals surface area contributed by atoms with Gasteiger partial charge in [0.05, 0.1) is 0 Å². The summed E-state index contributed by atoms with van der Waals surface area (Å²) in [5.74, 6) is 1.05. The molecule has 2 aromatic rings. The van der Waals surface area contributed by atoms with Crippen molar-refractivity contribution < 1.29 is 23.9 Å². The molecule has 4 rings (SSSR count). The Morgan fingerprint density at radius 2 is 1.45 bits per heavy atom. The first-order chi connectivity index (χ1) is 14.1. The second-order valence-corrected chi connectivity index (χ2v) is 7.03. The Labute approximate surface area is 168 Å². The van der Waals surface area contributed by atoms with Crippen molar-refractivity contribution in [2.45, 2.75) is 12.8 Å². The molecule has 29 heavy (non-hydrogen) atoms. The van der Waals surface area contributed by atoms with Gasteiger partial charge in [-0.05, 0) is 18.2 Å². The first kappa shape index (κ1) is 19.0. The molecule has 0 aromatic heterocycles. The van der Waals surface area contributed by atoms with Crippen LogP contribution in [0.15, 0.2) is 48.5 Å². The molecule has 1 saturated heterocycles. The second kappa shape index (κ2) is 8.34. The number of carbonyl (C=O) groups excluding carboxylic acids is 3. The molecule has 7 nitrogen and oxygen atoms in total. The minimum atomic E-state index is -0.0883. The average molecular weight is 394 g/mol. The number of nitrogens with zero attached hydrogens (tertiary/aromatic N) is 2. The Balaban J connectivity index is 1.27. The summed E-state index contributed by atoms with van der Waals surface area (Å²) < 4.78 is 10.6. The summed E-state index contributed by atoms with van der Waals surface area (Å²) in [4.78, 5) is 40.8. The number of hydrogen-bond donors (Lipinski definition) is 0. The summed E-state index contributed by atoms with van der Waals surface area (Å²) in [6.45, 7) is 2.03. The first-order valence-electron chi connectivity index (χ1n) is 9.67. The molecule has 0 radical (unpaired) electrons. The van der Waals surface area contributed by atoms with E-state index < -0.39 is 0 Å². The molecule has 0 aliphatic carbocycles. The van der Waals surface area contributed by atoms with Crippen LogP contribution < -0.4 is 9.47 Å². The molecule has 2 aliphatic rings. The normalized spacial score (nSPS) is 15.3. The van der Waals surface area contributed by atoms with Gasteiger partial charge in [-0.1, -0.05) is 30.3 Å². The summed E-state index contributed by atoms with van der Waals surface area (Å²) in [6, 6.07) is 14.1. The molecule has 2 aromatic carbocycles.